The van der Waals surface area contributed by atoms with Crippen LogP contribution in [0, 0.1) is 0 Å². The SMILES string of the molecule is CCN(CC)C1CCN(c2ccc(CO)cc2)C1. The van der Waals surface area contributed by atoms with Crippen molar-refractivity contribution in [2.24, 2.45) is 0 Å². The van der Waals surface area contributed by atoms with E-state index in [-0.39, 0.29) is 6.61 Å². The zero-order chi connectivity index (χ0) is 13.0. The van der Waals surface area contributed by atoms with Crippen molar-refractivity contribution in [3.63, 3.8) is 0 Å². The second-order valence-electron chi connectivity index (χ2n) is 4.93. The molecule has 1 heterocycles. The first-order chi connectivity index (χ1) is 8.78. The van der Waals surface area contributed by atoms with Crippen LogP contribution in [0.3, 0.4) is 0 Å². The lowest BCUT2D eigenvalue weighted by Gasteiger charge is -2.26. The maximum absolute atomic E-state index is 9.05. The third-order valence-corrected chi connectivity index (χ3v) is 3.98. The highest BCUT2D eigenvalue weighted by Gasteiger charge is 2.26. The first-order valence-corrected chi connectivity index (χ1v) is 6.97. The van der Waals surface area contributed by atoms with Gasteiger partial charge in [0.1, 0.15) is 0 Å². The molecular weight excluding hydrogens is 224 g/mol. The number of anilines is 1. The number of aliphatic hydroxyl groups excluding tert-OH is 1. The lowest BCUT2D eigenvalue weighted by molar-refractivity contribution is 0.232. The smallest absolute Gasteiger partial charge is 0.0681 e. The van der Waals surface area contributed by atoms with Gasteiger partial charge in [-0.25, -0.2) is 0 Å². The van der Waals surface area contributed by atoms with E-state index in [0.29, 0.717) is 6.04 Å². The number of benzene rings is 1. The Hall–Kier alpha value is -1.06. The fourth-order valence-corrected chi connectivity index (χ4v) is 2.83. The summed E-state index contributed by atoms with van der Waals surface area (Å²) in [7, 11) is 0. The zero-order valence-electron chi connectivity index (χ0n) is 11.5. The molecule has 0 bridgehead atoms. The summed E-state index contributed by atoms with van der Waals surface area (Å²) in [4.78, 5) is 4.99. The van der Waals surface area contributed by atoms with Gasteiger partial charge in [0.25, 0.3) is 0 Å². The second kappa shape index (κ2) is 6.21. The first kappa shape index (κ1) is 13.4. The lowest BCUT2D eigenvalue weighted by atomic mass is 10.2. The van der Waals surface area contributed by atoms with Crippen molar-refractivity contribution in [2.45, 2.75) is 32.9 Å². The largest absolute Gasteiger partial charge is 0.392 e. The molecule has 0 amide bonds. The highest BCUT2D eigenvalue weighted by atomic mass is 16.3. The summed E-state index contributed by atoms with van der Waals surface area (Å²) >= 11 is 0. The summed E-state index contributed by atoms with van der Waals surface area (Å²) in [6.07, 6.45) is 1.25. The Bertz CT molecular complexity index is 359. The zero-order valence-corrected chi connectivity index (χ0v) is 11.5. The quantitative estimate of drug-likeness (QED) is 0.864. The summed E-state index contributed by atoms with van der Waals surface area (Å²) in [6, 6.07) is 8.96. The fraction of sp³-hybridized carbons (Fsp3) is 0.600. The van der Waals surface area contributed by atoms with Crippen LogP contribution in [0.4, 0.5) is 5.69 Å². The molecule has 1 atom stereocenters. The van der Waals surface area contributed by atoms with Crippen LogP contribution >= 0.6 is 0 Å². The number of rotatable bonds is 5. The molecule has 1 aliphatic heterocycles. The van der Waals surface area contributed by atoms with E-state index in [4.69, 9.17) is 5.11 Å². The lowest BCUT2D eigenvalue weighted by Crippen LogP contribution is -2.37. The third kappa shape index (κ3) is 2.85. The molecule has 3 nitrogen and oxygen atoms in total. The van der Waals surface area contributed by atoms with Gasteiger partial charge in [0.15, 0.2) is 0 Å². The maximum Gasteiger partial charge on any atom is 0.0681 e. The molecule has 1 fully saturated rings. The average molecular weight is 248 g/mol. The molecule has 2 rings (SSSR count). The van der Waals surface area contributed by atoms with Crippen molar-refractivity contribution in [3.05, 3.63) is 29.8 Å². The normalized spacial score (nSPS) is 19.8. The van der Waals surface area contributed by atoms with Gasteiger partial charge in [-0.3, -0.25) is 4.90 Å². The molecule has 1 aliphatic rings. The van der Waals surface area contributed by atoms with Crippen molar-refractivity contribution in [1.29, 1.82) is 0 Å². The van der Waals surface area contributed by atoms with E-state index in [1.165, 1.54) is 12.1 Å². The minimum absolute atomic E-state index is 0.127. The number of aliphatic hydroxyl groups is 1. The molecule has 0 aliphatic carbocycles. The van der Waals surface area contributed by atoms with Gasteiger partial charge in [0.05, 0.1) is 6.61 Å². The Labute approximate surface area is 110 Å². The van der Waals surface area contributed by atoms with Crippen LogP contribution in [-0.4, -0.2) is 42.2 Å². The second-order valence-corrected chi connectivity index (χ2v) is 4.93. The number of hydrogen-bond acceptors (Lipinski definition) is 3. The Morgan fingerprint density at radius 3 is 2.44 bits per heavy atom. The van der Waals surface area contributed by atoms with Gasteiger partial charge in [-0.05, 0) is 37.2 Å². The van der Waals surface area contributed by atoms with Crippen LogP contribution in [0.5, 0.6) is 0 Å². The van der Waals surface area contributed by atoms with Crippen molar-refractivity contribution in [1.82, 2.24) is 4.90 Å². The van der Waals surface area contributed by atoms with E-state index < -0.39 is 0 Å². The predicted molar refractivity (Wildman–Crippen MR) is 75.9 cm³/mol. The van der Waals surface area contributed by atoms with Crippen LogP contribution in [0.2, 0.25) is 0 Å². The molecule has 0 aromatic heterocycles. The number of likely N-dealkylation sites (N-methyl/N-ethyl adjacent to an activating group) is 1. The molecule has 1 aromatic rings. The first-order valence-electron chi connectivity index (χ1n) is 6.97. The van der Waals surface area contributed by atoms with Gasteiger partial charge < -0.3 is 10.0 Å². The Morgan fingerprint density at radius 2 is 1.89 bits per heavy atom. The minimum Gasteiger partial charge on any atom is -0.392 e. The van der Waals surface area contributed by atoms with Gasteiger partial charge in [0.2, 0.25) is 0 Å². The Kier molecular flexibility index (Phi) is 4.61. The molecule has 100 valence electrons. The molecule has 18 heavy (non-hydrogen) atoms. The van der Waals surface area contributed by atoms with E-state index in [9.17, 15) is 0 Å². The topological polar surface area (TPSA) is 26.7 Å². The van der Waals surface area contributed by atoms with E-state index in [1.807, 2.05) is 12.1 Å². The van der Waals surface area contributed by atoms with Gasteiger partial charge in [-0.2, -0.15) is 0 Å². The van der Waals surface area contributed by atoms with E-state index >= 15 is 0 Å². The summed E-state index contributed by atoms with van der Waals surface area (Å²) < 4.78 is 0. The van der Waals surface area contributed by atoms with Crippen LogP contribution in [0.1, 0.15) is 25.8 Å². The van der Waals surface area contributed by atoms with Gasteiger partial charge in [-0.15, -0.1) is 0 Å². The highest BCUT2D eigenvalue weighted by Crippen LogP contribution is 2.23. The van der Waals surface area contributed by atoms with Crippen LogP contribution in [0.25, 0.3) is 0 Å². The van der Waals surface area contributed by atoms with Gasteiger partial charge >= 0.3 is 0 Å². The van der Waals surface area contributed by atoms with E-state index in [0.717, 1.165) is 31.7 Å². The minimum atomic E-state index is 0.127. The van der Waals surface area contributed by atoms with Crippen molar-refractivity contribution < 1.29 is 5.11 Å². The summed E-state index contributed by atoms with van der Waals surface area (Å²) in [5, 5.41) is 9.05. The predicted octanol–water partition coefficient (Wildman–Crippen LogP) is 2.10. The molecule has 1 N–H and O–H groups in total. The third-order valence-electron chi connectivity index (χ3n) is 3.98. The summed E-state index contributed by atoms with van der Waals surface area (Å²) in [5.41, 5.74) is 2.26. The van der Waals surface area contributed by atoms with Gasteiger partial charge in [0, 0.05) is 24.8 Å². The van der Waals surface area contributed by atoms with Crippen molar-refractivity contribution >= 4 is 5.69 Å². The monoisotopic (exact) mass is 248 g/mol. The van der Waals surface area contributed by atoms with Crippen molar-refractivity contribution in [3.8, 4) is 0 Å². The molecular formula is C15H24N2O. The molecule has 1 unspecified atom stereocenters. The maximum atomic E-state index is 9.05. The summed E-state index contributed by atoms with van der Waals surface area (Å²) in [5.74, 6) is 0. The molecule has 0 spiro atoms. The van der Waals surface area contributed by atoms with Crippen LogP contribution < -0.4 is 4.90 Å². The van der Waals surface area contributed by atoms with E-state index in [1.54, 1.807) is 0 Å². The van der Waals surface area contributed by atoms with Crippen molar-refractivity contribution in [2.75, 3.05) is 31.1 Å². The molecule has 1 saturated heterocycles. The average Bonchev–Trinajstić information content (AvgIpc) is 2.90. The van der Waals surface area contributed by atoms with Gasteiger partial charge in [-0.1, -0.05) is 26.0 Å². The summed E-state index contributed by atoms with van der Waals surface area (Å²) in [6.45, 7) is 9.14. The fourth-order valence-electron chi connectivity index (χ4n) is 2.83. The Balaban J connectivity index is 1.99. The molecule has 3 heteroatoms. The number of hydrogen-bond donors (Lipinski definition) is 1. The molecule has 0 radical (unpaired) electrons. The van der Waals surface area contributed by atoms with Crippen LogP contribution in [0.15, 0.2) is 24.3 Å². The Morgan fingerprint density at radius 1 is 1.22 bits per heavy atom. The molecule has 1 aromatic carbocycles. The van der Waals surface area contributed by atoms with E-state index in [2.05, 4.69) is 35.8 Å². The van der Waals surface area contributed by atoms with Crippen LogP contribution in [-0.2, 0) is 6.61 Å². The standard InChI is InChI=1S/C15H24N2O/c1-3-16(4-2)15-9-10-17(11-15)14-7-5-13(12-18)6-8-14/h5-8,15,18H,3-4,9-12H2,1-2H3. The molecule has 0 saturated carbocycles. The number of nitrogens with zero attached hydrogens (tertiary/aromatic N) is 2. The highest BCUT2D eigenvalue weighted by molar-refractivity contribution is 5.48.